The van der Waals surface area contributed by atoms with Crippen LogP contribution < -0.4 is 0 Å². The van der Waals surface area contributed by atoms with Crippen LogP contribution in [0.25, 0.3) is 0 Å². The lowest BCUT2D eigenvalue weighted by Crippen LogP contribution is -2.55. The van der Waals surface area contributed by atoms with E-state index in [1.165, 1.54) is 32.1 Å². The van der Waals surface area contributed by atoms with Gasteiger partial charge in [0.05, 0.1) is 18.6 Å². The van der Waals surface area contributed by atoms with Crippen LogP contribution in [0.1, 0.15) is 32.1 Å². The summed E-state index contributed by atoms with van der Waals surface area (Å²) >= 11 is 5.89. The number of amides is 1. The van der Waals surface area contributed by atoms with Crippen molar-refractivity contribution < 1.29 is 9.53 Å². The van der Waals surface area contributed by atoms with E-state index in [-0.39, 0.29) is 6.10 Å². The largest absolute Gasteiger partial charge is 0.373 e. The number of morpholine rings is 1. The van der Waals surface area contributed by atoms with Crippen molar-refractivity contribution in [3.8, 4) is 0 Å². The maximum Gasteiger partial charge on any atom is 0.226 e. The fourth-order valence-electron chi connectivity index (χ4n) is 5.55. The van der Waals surface area contributed by atoms with Gasteiger partial charge in [-0.25, -0.2) is 0 Å². The van der Waals surface area contributed by atoms with E-state index < -0.39 is 0 Å². The van der Waals surface area contributed by atoms with Gasteiger partial charge in [-0.2, -0.15) is 0 Å². The average molecular weight is 298 g/mol. The van der Waals surface area contributed by atoms with E-state index in [9.17, 15) is 4.79 Å². The van der Waals surface area contributed by atoms with Crippen molar-refractivity contribution in [1.29, 1.82) is 0 Å². The van der Waals surface area contributed by atoms with Crippen molar-refractivity contribution in [3.05, 3.63) is 0 Å². The topological polar surface area (TPSA) is 29.5 Å². The maximum atomic E-state index is 13.0. The van der Waals surface area contributed by atoms with E-state index in [0.717, 1.165) is 18.4 Å². The van der Waals surface area contributed by atoms with Gasteiger partial charge >= 0.3 is 0 Å². The molecule has 0 radical (unpaired) electrons. The quantitative estimate of drug-likeness (QED) is 0.733. The molecule has 1 heterocycles. The van der Waals surface area contributed by atoms with Gasteiger partial charge in [0, 0.05) is 19.0 Å². The Morgan fingerprint density at radius 3 is 2.35 bits per heavy atom. The first-order valence-electron chi connectivity index (χ1n) is 8.21. The Morgan fingerprint density at radius 1 is 1.10 bits per heavy atom. The Labute approximate surface area is 126 Å². The standard InChI is InChI=1S/C16H24ClNO2/c17-8-14-9-18(1-2-20-14)16(19)15-12-4-10-3-11(6-12)7-13(15)5-10/h10-15H,1-9H2. The first kappa shape index (κ1) is 13.4. The van der Waals surface area contributed by atoms with E-state index in [4.69, 9.17) is 16.3 Å². The molecule has 4 heteroatoms. The van der Waals surface area contributed by atoms with Crippen molar-refractivity contribution in [2.75, 3.05) is 25.6 Å². The molecule has 5 aliphatic rings. The summed E-state index contributed by atoms with van der Waals surface area (Å²) in [4.78, 5) is 15.0. The maximum absolute atomic E-state index is 13.0. The molecule has 0 spiro atoms. The van der Waals surface area contributed by atoms with Crippen LogP contribution in [-0.2, 0) is 9.53 Å². The van der Waals surface area contributed by atoms with Gasteiger partial charge in [-0.05, 0) is 55.8 Å². The molecule has 4 aliphatic carbocycles. The van der Waals surface area contributed by atoms with Crippen LogP contribution in [-0.4, -0.2) is 42.5 Å². The third-order valence-corrected chi connectivity index (χ3v) is 6.48. The number of carbonyl (C=O) groups is 1. The predicted octanol–water partition coefficient (Wildman–Crippen LogP) is 2.52. The van der Waals surface area contributed by atoms with E-state index in [2.05, 4.69) is 0 Å². The lowest BCUT2D eigenvalue weighted by molar-refractivity contribution is -0.155. The molecule has 3 nitrogen and oxygen atoms in total. The Kier molecular flexibility index (Phi) is 3.46. The third-order valence-electron chi connectivity index (χ3n) is 6.13. The van der Waals surface area contributed by atoms with Crippen molar-refractivity contribution >= 4 is 17.5 Å². The molecule has 0 aromatic rings. The minimum atomic E-state index is 0.0335. The molecule has 20 heavy (non-hydrogen) atoms. The lowest BCUT2D eigenvalue weighted by atomic mass is 9.51. The van der Waals surface area contributed by atoms with Crippen molar-refractivity contribution in [3.63, 3.8) is 0 Å². The molecule has 1 amide bonds. The van der Waals surface area contributed by atoms with E-state index in [1.807, 2.05) is 4.90 Å². The molecule has 5 rings (SSSR count). The molecule has 0 aromatic carbocycles. The van der Waals surface area contributed by atoms with Gasteiger partial charge in [-0.3, -0.25) is 4.79 Å². The summed E-state index contributed by atoms with van der Waals surface area (Å²) in [6.45, 7) is 2.11. The summed E-state index contributed by atoms with van der Waals surface area (Å²) in [5.41, 5.74) is 0. The molecule has 0 aromatic heterocycles. The third kappa shape index (κ3) is 2.18. The zero-order valence-corrected chi connectivity index (χ0v) is 12.7. The fourth-order valence-corrected chi connectivity index (χ4v) is 5.74. The van der Waals surface area contributed by atoms with Gasteiger partial charge in [-0.1, -0.05) is 0 Å². The summed E-state index contributed by atoms with van der Waals surface area (Å²) in [6, 6.07) is 0. The second-order valence-corrected chi connectivity index (χ2v) is 7.70. The van der Waals surface area contributed by atoms with Crippen molar-refractivity contribution in [2.24, 2.45) is 29.6 Å². The Balaban J connectivity index is 1.48. The van der Waals surface area contributed by atoms with Crippen LogP contribution in [0.15, 0.2) is 0 Å². The highest BCUT2D eigenvalue weighted by atomic mass is 35.5. The van der Waals surface area contributed by atoms with Gasteiger partial charge in [-0.15, -0.1) is 11.6 Å². The molecule has 0 N–H and O–H groups in total. The zero-order valence-electron chi connectivity index (χ0n) is 12.0. The zero-order chi connectivity index (χ0) is 13.7. The number of rotatable bonds is 2. The van der Waals surface area contributed by atoms with Crippen LogP contribution in [0.4, 0.5) is 0 Å². The number of hydrogen-bond acceptors (Lipinski definition) is 2. The monoisotopic (exact) mass is 297 g/mol. The highest BCUT2D eigenvalue weighted by Crippen LogP contribution is 2.56. The highest BCUT2D eigenvalue weighted by molar-refractivity contribution is 6.18. The molecule has 1 unspecified atom stereocenters. The van der Waals surface area contributed by atoms with E-state index in [1.54, 1.807) is 0 Å². The molecule has 1 atom stereocenters. The predicted molar refractivity (Wildman–Crippen MR) is 77.6 cm³/mol. The fraction of sp³-hybridized carbons (Fsp3) is 0.938. The molecule has 1 aliphatic heterocycles. The Hall–Kier alpha value is -0.280. The van der Waals surface area contributed by atoms with Crippen LogP contribution in [0, 0.1) is 29.6 Å². The van der Waals surface area contributed by atoms with E-state index >= 15 is 0 Å². The molecule has 4 saturated carbocycles. The second kappa shape index (κ2) is 5.17. The van der Waals surface area contributed by atoms with Gasteiger partial charge in [0.1, 0.15) is 0 Å². The number of carbonyl (C=O) groups excluding carboxylic acids is 1. The number of alkyl halides is 1. The van der Waals surface area contributed by atoms with E-state index in [0.29, 0.717) is 42.7 Å². The summed E-state index contributed by atoms with van der Waals surface area (Å²) < 4.78 is 5.59. The van der Waals surface area contributed by atoms with Crippen molar-refractivity contribution in [1.82, 2.24) is 4.90 Å². The highest BCUT2D eigenvalue weighted by Gasteiger charge is 2.51. The minimum absolute atomic E-state index is 0.0335. The first-order chi connectivity index (χ1) is 9.74. The van der Waals surface area contributed by atoms with Crippen LogP contribution >= 0.6 is 11.6 Å². The SMILES string of the molecule is O=C(C1C2CC3CC(C2)CC1C3)N1CCOC(CCl)C1. The van der Waals surface area contributed by atoms with Gasteiger partial charge in [0.25, 0.3) is 0 Å². The molecule has 1 saturated heterocycles. The molecule has 4 bridgehead atoms. The number of nitrogens with zero attached hydrogens (tertiary/aromatic N) is 1. The Bertz CT molecular complexity index is 372. The van der Waals surface area contributed by atoms with Crippen LogP contribution in [0.2, 0.25) is 0 Å². The summed E-state index contributed by atoms with van der Waals surface area (Å²) in [7, 11) is 0. The van der Waals surface area contributed by atoms with Crippen LogP contribution in [0.5, 0.6) is 0 Å². The number of halogens is 1. The average Bonchev–Trinajstić information content (AvgIpc) is 2.46. The molecular formula is C16H24ClNO2. The smallest absolute Gasteiger partial charge is 0.226 e. The van der Waals surface area contributed by atoms with Crippen LogP contribution in [0.3, 0.4) is 0 Å². The normalized spacial score (nSPS) is 46.8. The van der Waals surface area contributed by atoms with Crippen molar-refractivity contribution in [2.45, 2.75) is 38.2 Å². The lowest BCUT2D eigenvalue weighted by Gasteiger charge is -2.54. The number of ether oxygens (including phenoxy) is 1. The molecule has 5 fully saturated rings. The first-order valence-corrected chi connectivity index (χ1v) is 8.74. The van der Waals surface area contributed by atoms with Gasteiger partial charge in [0.15, 0.2) is 0 Å². The summed E-state index contributed by atoms with van der Waals surface area (Å²) in [5, 5.41) is 0. The number of hydrogen-bond donors (Lipinski definition) is 0. The molecule has 112 valence electrons. The van der Waals surface area contributed by atoms with Gasteiger partial charge < -0.3 is 9.64 Å². The van der Waals surface area contributed by atoms with Gasteiger partial charge in [0.2, 0.25) is 5.91 Å². The second-order valence-electron chi connectivity index (χ2n) is 7.39. The minimum Gasteiger partial charge on any atom is -0.373 e. The molecular weight excluding hydrogens is 274 g/mol. The summed E-state index contributed by atoms with van der Waals surface area (Å²) in [5.74, 6) is 4.44. The Morgan fingerprint density at radius 2 is 1.75 bits per heavy atom. The summed E-state index contributed by atoms with van der Waals surface area (Å²) in [6.07, 6.45) is 6.73.